The van der Waals surface area contributed by atoms with Crippen LogP contribution in [0.1, 0.15) is 22.9 Å². The van der Waals surface area contributed by atoms with Gasteiger partial charge in [-0.15, -0.1) is 0 Å². The molecule has 0 spiro atoms. The molecule has 0 saturated heterocycles. The topological polar surface area (TPSA) is 34.1 Å². The molecule has 2 rings (SSSR count). The van der Waals surface area contributed by atoms with E-state index in [9.17, 15) is 8.78 Å². The lowest BCUT2D eigenvalue weighted by molar-refractivity contribution is -0.0498. The second-order valence-electron chi connectivity index (χ2n) is 4.40. The Hall–Kier alpha value is -2.01. The Morgan fingerprint density at radius 1 is 1.05 bits per heavy atom. The molecule has 0 radical (unpaired) electrons. The molecular weight excluding hydrogens is 262 g/mol. The molecule has 1 aromatic carbocycles. The monoisotopic (exact) mass is 278 g/mol. The lowest BCUT2D eigenvalue weighted by atomic mass is 10.00. The van der Waals surface area contributed by atoms with E-state index in [-0.39, 0.29) is 11.8 Å². The molecule has 3 nitrogen and oxygen atoms in total. The first-order chi connectivity index (χ1) is 9.60. The molecule has 5 heteroatoms. The van der Waals surface area contributed by atoms with Gasteiger partial charge in [-0.05, 0) is 43.3 Å². The minimum atomic E-state index is -2.80. The molecule has 0 saturated carbocycles. The van der Waals surface area contributed by atoms with Crippen LogP contribution in [0.5, 0.6) is 5.75 Å². The Morgan fingerprint density at radius 2 is 1.70 bits per heavy atom. The van der Waals surface area contributed by atoms with E-state index in [1.807, 2.05) is 26.1 Å². The molecule has 1 unspecified atom stereocenters. The van der Waals surface area contributed by atoms with Gasteiger partial charge in [0.2, 0.25) is 0 Å². The maximum absolute atomic E-state index is 12.1. The van der Waals surface area contributed by atoms with E-state index in [0.29, 0.717) is 0 Å². The van der Waals surface area contributed by atoms with Crippen molar-refractivity contribution in [1.29, 1.82) is 0 Å². The number of nitrogens with zero attached hydrogens (tertiary/aromatic N) is 1. The molecule has 1 aromatic heterocycles. The highest BCUT2D eigenvalue weighted by molar-refractivity contribution is 5.34. The molecule has 0 bridgehead atoms. The van der Waals surface area contributed by atoms with Crippen molar-refractivity contribution in [3.8, 4) is 5.75 Å². The summed E-state index contributed by atoms with van der Waals surface area (Å²) >= 11 is 0. The van der Waals surface area contributed by atoms with Crippen molar-refractivity contribution in [1.82, 2.24) is 10.3 Å². The molecule has 1 N–H and O–H groups in total. The van der Waals surface area contributed by atoms with Crippen molar-refractivity contribution in [2.24, 2.45) is 0 Å². The van der Waals surface area contributed by atoms with Gasteiger partial charge in [0.15, 0.2) is 0 Å². The van der Waals surface area contributed by atoms with Crippen LogP contribution in [0, 0.1) is 6.92 Å². The summed E-state index contributed by atoms with van der Waals surface area (Å²) in [5.41, 5.74) is 2.92. The number of ether oxygens (including phenoxy) is 1. The van der Waals surface area contributed by atoms with Gasteiger partial charge in [-0.3, -0.25) is 4.98 Å². The summed E-state index contributed by atoms with van der Waals surface area (Å²) in [7, 11) is 1.84. The third-order valence-corrected chi connectivity index (χ3v) is 2.99. The third kappa shape index (κ3) is 3.51. The summed E-state index contributed by atoms with van der Waals surface area (Å²) in [5.74, 6) is 0.153. The van der Waals surface area contributed by atoms with Crippen LogP contribution < -0.4 is 10.1 Å². The highest BCUT2D eigenvalue weighted by Gasteiger charge is 2.13. The average Bonchev–Trinajstić information content (AvgIpc) is 2.43. The number of rotatable bonds is 5. The summed E-state index contributed by atoms with van der Waals surface area (Å²) < 4.78 is 28.5. The second-order valence-corrected chi connectivity index (χ2v) is 4.40. The van der Waals surface area contributed by atoms with Gasteiger partial charge in [0.05, 0.1) is 6.04 Å². The number of aryl methyl sites for hydroxylation is 1. The summed E-state index contributed by atoms with van der Waals surface area (Å²) in [5, 5.41) is 3.19. The highest BCUT2D eigenvalue weighted by Crippen LogP contribution is 2.24. The van der Waals surface area contributed by atoms with E-state index in [1.54, 1.807) is 18.3 Å². The van der Waals surface area contributed by atoms with E-state index in [0.717, 1.165) is 16.8 Å². The van der Waals surface area contributed by atoms with Crippen molar-refractivity contribution >= 4 is 0 Å². The number of benzene rings is 1. The van der Waals surface area contributed by atoms with Crippen LogP contribution in [0.2, 0.25) is 0 Å². The molecule has 1 atom stereocenters. The van der Waals surface area contributed by atoms with Crippen LogP contribution in [0.4, 0.5) is 8.78 Å². The molecule has 20 heavy (non-hydrogen) atoms. The summed E-state index contributed by atoms with van der Waals surface area (Å²) in [6.45, 7) is -0.878. The Balaban J connectivity index is 2.21. The Morgan fingerprint density at radius 3 is 2.20 bits per heavy atom. The molecule has 0 fully saturated rings. The Labute approximate surface area is 116 Å². The molecule has 1 heterocycles. The molecular formula is C15H16F2N2O. The molecule has 0 aliphatic heterocycles. The first-order valence-corrected chi connectivity index (χ1v) is 6.24. The summed E-state index contributed by atoms with van der Waals surface area (Å²) in [6, 6.07) is 10.5. The van der Waals surface area contributed by atoms with E-state index in [2.05, 4.69) is 15.0 Å². The van der Waals surface area contributed by atoms with Gasteiger partial charge < -0.3 is 10.1 Å². The zero-order valence-corrected chi connectivity index (χ0v) is 11.3. The number of pyridine rings is 1. The van der Waals surface area contributed by atoms with Crippen LogP contribution in [-0.4, -0.2) is 18.6 Å². The predicted octanol–water partition coefficient (Wildman–Crippen LogP) is 3.30. The van der Waals surface area contributed by atoms with Gasteiger partial charge in [-0.1, -0.05) is 18.2 Å². The molecule has 2 aromatic rings. The molecule has 0 aliphatic rings. The summed E-state index contributed by atoms with van der Waals surface area (Å²) in [4.78, 5) is 4.27. The van der Waals surface area contributed by atoms with E-state index in [4.69, 9.17) is 0 Å². The number of hydrogen-bond acceptors (Lipinski definition) is 3. The highest BCUT2D eigenvalue weighted by atomic mass is 19.3. The van der Waals surface area contributed by atoms with Crippen LogP contribution in [0.25, 0.3) is 0 Å². The van der Waals surface area contributed by atoms with Crippen LogP contribution in [-0.2, 0) is 0 Å². The number of hydrogen-bond donors (Lipinski definition) is 1. The van der Waals surface area contributed by atoms with Crippen molar-refractivity contribution in [3.05, 3.63) is 59.4 Å². The fourth-order valence-corrected chi connectivity index (χ4v) is 2.02. The number of aromatic nitrogens is 1. The van der Waals surface area contributed by atoms with Crippen molar-refractivity contribution < 1.29 is 13.5 Å². The fourth-order valence-electron chi connectivity index (χ4n) is 2.02. The lowest BCUT2D eigenvalue weighted by Crippen LogP contribution is -2.17. The lowest BCUT2D eigenvalue weighted by Gasteiger charge is -2.17. The largest absolute Gasteiger partial charge is 0.435 e. The Kier molecular flexibility index (Phi) is 4.63. The molecule has 0 aliphatic carbocycles. The molecule has 0 amide bonds. The predicted molar refractivity (Wildman–Crippen MR) is 73.0 cm³/mol. The minimum Gasteiger partial charge on any atom is -0.435 e. The zero-order chi connectivity index (χ0) is 14.5. The van der Waals surface area contributed by atoms with Crippen molar-refractivity contribution in [3.63, 3.8) is 0 Å². The van der Waals surface area contributed by atoms with Crippen LogP contribution in [0.3, 0.4) is 0 Å². The SMILES string of the molecule is CNC(c1ccc(OC(F)F)cc1)c1ccc(C)nc1. The van der Waals surface area contributed by atoms with E-state index >= 15 is 0 Å². The summed E-state index contributed by atoms with van der Waals surface area (Å²) in [6.07, 6.45) is 1.81. The first-order valence-electron chi connectivity index (χ1n) is 6.24. The van der Waals surface area contributed by atoms with E-state index in [1.165, 1.54) is 12.1 Å². The first kappa shape index (κ1) is 14.4. The van der Waals surface area contributed by atoms with E-state index < -0.39 is 6.61 Å². The minimum absolute atomic E-state index is 0.0382. The zero-order valence-electron chi connectivity index (χ0n) is 11.3. The number of nitrogens with one attached hydrogen (secondary N) is 1. The van der Waals surface area contributed by atoms with Gasteiger partial charge in [0.25, 0.3) is 0 Å². The van der Waals surface area contributed by atoms with Gasteiger partial charge >= 0.3 is 6.61 Å². The smallest absolute Gasteiger partial charge is 0.387 e. The van der Waals surface area contributed by atoms with Gasteiger partial charge in [0.1, 0.15) is 5.75 Å². The quantitative estimate of drug-likeness (QED) is 0.911. The number of alkyl halides is 2. The fraction of sp³-hybridized carbons (Fsp3) is 0.267. The molecule has 106 valence electrons. The maximum Gasteiger partial charge on any atom is 0.387 e. The Bertz CT molecular complexity index is 541. The third-order valence-electron chi connectivity index (χ3n) is 2.99. The van der Waals surface area contributed by atoms with Crippen molar-refractivity contribution in [2.75, 3.05) is 7.05 Å². The van der Waals surface area contributed by atoms with Gasteiger partial charge in [-0.2, -0.15) is 8.78 Å². The number of halogens is 2. The van der Waals surface area contributed by atoms with Gasteiger partial charge in [-0.25, -0.2) is 0 Å². The maximum atomic E-state index is 12.1. The van der Waals surface area contributed by atoms with Crippen molar-refractivity contribution in [2.45, 2.75) is 19.6 Å². The average molecular weight is 278 g/mol. The van der Waals surface area contributed by atoms with Gasteiger partial charge in [0, 0.05) is 11.9 Å². The normalized spacial score (nSPS) is 12.4. The second kappa shape index (κ2) is 6.43. The standard InChI is InChI=1S/C15H16F2N2O/c1-10-3-4-12(9-19-10)14(18-2)11-5-7-13(8-6-11)20-15(16)17/h3-9,14-15,18H,1-2H3. The van der Waals surface area contributed by atoms with Crippen LogP contribution >= 0.6 is 0 Å². The van der Waals surface area contributed by atoms with Crippen LogP contribution in [0.15, 0.2) is 42.6 Å².